The third-order valence-corrected chi connectivity index (χ3v) is 3.50. The van der Waals surface area contributed by atoms with E-state index in [0.29, 0.717) is 12.2 Å². The van der Waals surface area contributed by atoms with Crippen LogP contribution in [0.3, 0.4) is 0 Å². The molecule has 3 N–H and O–H groups in total. The lowest BCUT2D eigenvalue weighted by atomic mass is 10.2. The molecule has 0 fully saturated rings. The number of methoxy groups -OCH3 is 1. The van der Waals surface area contributed by atoms with Crippen molar-refractivity contribution in [1.29, 1.82) is 0 Å². The van der Waals surface area contributed by atoms with Gasteiger partial charge in [0.1, 0.15) is 10.7 Å². The number of nitrogens with one attached hydrogen (secondary N) is 1. The summed E-state index contributed by atoms with van der Waals surface area (Å²) in [7, 11) is 1.69. The van der Waals surface area contributed by atoms with E-state index in [1.165, 1.54) is 11.3 Å². The number of aromatic nitrogens is 1. The topological polar surface area (TPSA) is 77.2 Å². The average molecular weight is 271 g/mol. The Morgan fingerprint density at radius 2 is 2.33 bits per heavy atom. The van der Waals surface area contributed by atoms with Crippen molar-refractivity contribution in [2.24, 2.45) is 5.73 Å². The van der Waals surface area contributed by atoms with E-state index < -0.39 is 0 Å². The zero-order chi connectivity index (χ0) is 13.4. The lowest BCUT2D eigenvalue weighted by molar-refractivity contribution is 0.0948. The quantitative estimate of drug-likeness (QED) is 0.706. The van der Waals surface area contributed by atoms with Gasteiger partial charge in [-0.2, -0.15) is 0 Å². The highest BCUT2D eigenvalue weighted by Gasteiger charge is 2.11. The first kappa shape index (κ1) is 15.1. The minimum atomic E-state index is -0.120. The van der Waals surface area contributed by atoms with E-state index in [2.05, 4.69) is 10.3 Å². The molecule has 18 heavy (non-hydrogen) atoms. The maximum absolute atomic E-state index is 11.7. The van der Waals surface area contributed by atoms with Crippen molar-refractivity contribution in [2.75, 3.05) is 20.3 Å². The van der Waals surface area contributed by atoms with Crippen molar-refractivity contribution in [3.8, 4) is 0 Å². The molecule has 102 valence electrons. The second-order valence-corrected chi connectivity index (χ2v) is 5.06. The van der Waals surface area contributed by atoms with Gasteiger partial charge in [0.05, 0.1) is 6.04 Å². The molecule has 0 saturated heterocycles. The van der Waals surface area contributed by atoms with Crippen LogP contribution < -0.4 is 11.1 Å². The number of nitrogens with zero attached hydrogens (tertiary/aromatic N) is 1. The Balaban J connectivity index is 2.23. The Kier molecular flexibility index (Phi) is 6.85. The molecule has 0 saturated carbocycles. The van der Waals surface area contributed by atoms with E-state index in [0.717, 1.165) is 30.9 Å². The number of ether oxygens (including phenoxy) is 1. The number of nitrogens with two attached hydrogens (primary N) is 1. The molecule has 5 nitrogen and oxygen atoms in total. The fourth-order valence-electron chi connectivity index (χ4n) is 1.44. The van der Waals surface area contributed by atoms with Crippen LogP contribution in [0.15, 0.2) is 5.38 Å². The number of hydrogen-bond donors (Lipinski definition) is 2. The molecule has 1 aromatic heterocycles. The first-order chi connectivity index (χ1) is 8.65. The van der Waals surface area contributed by atoms with Crippen LogP contribution in [0.1, 0.15) is 47.7 Å². The monoisotopic (exact) mass is 271 g/mol. The molecule has 1 atom stereocenters. The van der Waals surface area contributed by atoms with Gasteiger partial charge in [0.2, 0.25) is 0 Å². The molecule has 1 unspecified atom stereocenters. The molecule has 0 aromatic carbocycles. The number of carbonyl (C=O) groups is 1. The van der Waals surface area contributed by atoms with Crippen LogP contribution >= 0.6 is 11.3 Å². The van der Waals surface area contributed by atoms with Gasteiger partial charge in [-0.1, -0.05) is 0 Å². The highest BCUT2D eigenvalue weighted by Crippen LogP contribution is 2.15. The van der Waals surface area contributed by atoms with Crippen LogP contribution in [0.2, 0.25) is 0 Å². The summed E-state index contributed by atoms with van der Waals surface area (Å²) in [5, 5.41) is 5.39. The van der Waals surface area contributed by atoms with E-state index in [9.17, 15) is 4.79 Å². The third kappa shape index (κ3) is 5.12. The Bertz CT molecular complexity index is 366. The summed E-state index contributed by atoms with van der Waals surface area (Å²) in [4.78, 5) is 15.9. The SMILES string of the molecule is COCCCCCNC(=O)c1csc(C(C)N)n1. The minimum absolute atomic E-state index is 0.120. The van der Waals surface area contributed by atoms with Gasteiger partial charge in [0.25, 0.3) is 5.91 Å². The lowest BCUT2D eigenvalue weighted by Gasteiger charge is -2.03. The molecule has 1 heterocycles. The highest BCUT2D eigenvalue weighted by molar-refractivity contribution is 7.09. The summed E-state index contributed by atoms with van der Waals surface area (Å²) in [6.07, 6.45) is 3.04. The summed E-state index contributed by atoms with van der Waals surface area (Å²) in [5.41, 5.74) is 6.16. The minimum Gasteiger partial charge on any atom is -0.385 e. The van der Waals surface area contributed by atoms with E-state index in [-0.39, 0.29) is 11.9 Å². The van der Waals surface area contributed by atoms with E-state index in [1.54, 1.807) is 12.5 Å². The summed E-state index contributed by atoms with van der Waals surface area (Å²) < 4.78 is 4.96. The van der Waals surface area contributed by atoms with Crippen LogP contribution in [0.4, 0.5) is 0 Å². The maximum Gasteiger partial charge on any atom is 0.270 e. The smallest absolute Gasteiger partial charge is 0.270 e. The van der Waals surface area contributed by atoms with Crippen molar-refractivity contribution in [1.82, 2.24) is 10.3 Å². The molecule has 0 aliphatic rings. The molecule has 0 aliphatic heterocycles. The molecule has 6 heteroatoms. The first-order valence-electron chi connectivity index (χ1n) is 6.13. The van der Waals surface area contributed by atoms with Crippen molar-refractivity contribution < 1.29 is 9.53 Å². The fraction of sp³-hybridized carbons (Fsp3) is 0.667. The number of rotatable bonds is 8. The van der Waals surface area contributed by atoms with Crippen molar-refractivity contribution in [3.05, 3.63) is 16.1 Å². The van der Waals surface area contributed by atoms with Crippen molar-refractivity contribution in [3.63, 3.8) is 0 Å². The summed E-state index contributed by atoms with van der Waals surface area (Å²) >= 11 is 1.42. The molecule has 0 radical (unpaired) electrons. The Morgan fingerprint density at radius 3 is 2.94 bits per heavy atom. The summed E-state index contributed by atoms with van der Waals surface area (Å²) in [6.45, 7) is 3.31. The molecule has 0 bridgehead atoms. The van der Waals surface area contributed by atoms with Gasteiger partial charge in [0, 0.05) is 25.6 Å². The van der Waals surface area contributed by atoms with E-state index in [4.69, 9.17) is 10.5 Å². The molecule has 0 aliphatic carbocycles. The van der Waals surface area contributed by atoms with Gasteiger partial charge in [-0.3, -0.25) is 4.79 Å². The Labute approximate surface area is 112 Å². The number of amides is 1. The van der Waals surface area contributed by atoms with Gasteiger partial charge in [-0.15, -0.1) is 11.3 Å². The molecule has 1 aromatic rings. The molecule has 1 rings (SSSR count). The van der Waals surface area contributed by atoms with Gasteiger partial charge in [0.15, 0.2) is 0 Å². The Morgan fingerprint density at radius 1 is 1.56 bits per heavy atom. The lowest BCUT2D eigenvalue weighted by Crippen LogP contribution is -2.25. The van der Waals surface area contributed by atoms with Gasteiger partial charge < -0.3 is 15.8 Å². The fourth-order valence-corrected chi connectivity index (χ4v) is 2.20. The second-order valence-electron chi connectivity index (χ2n) is 4.17. The molecule has 0 spiro atoms. The van der Waals surface area contributed by atoms with Crippen molar-refractivity contribution in [2.45, 2.75) is 32.2 Å². The average Bonchev–Trinajstić information content (AvgIpc) is 2.83. The van der Waals surface area contributed by atoms with Gasteiger partial charge in [-0.05, 0) is 26.2 Å². The number of carbonyl (C=O) groups excluding carboxylic acids is 1. The third-order valence-electron chi connectivity index (χ3n) is 2.45. The van der Waals surface area contributed by atoms with Crippen LogP contribution in [0, 0.1) is 0 Å². The zero-order valence-electron chi connectivity index (χ0n) is 10.9. The summed E-state index contributed by atoms with van der Waals surface area (Å²) in [6, 6.07) is -0.120. The van der Waals surface area contributed by atoms with E-state index in [1.807, 2.05) is 6.92 Å². The zero-order valence-corrected chi connectivity index (χ0v) is 11.8. The number of thiazole rings is 1. The molecule has 1 amide bonds. The maximum atomic E-state index is 11.7. The van der Waals surface area contributed by atoms with Crippen LogP contribution in [0.25, 0.3) is 0 Å². The predicted octanol–water partition coefficient (Wildman–Crippen LogP) is 1.71. The highest BCUT2D eigenvalue weighted by atomic mass is 32.1. The first-order valence-corrected chi connectivity index (χ1v) is 7.01. The van der Waals surface area contributed by atoms with E-state index >= 15 is 0 Å². The van der Waals surface area contributed by atoms with Crippen LogP contribution in [0.5, 0.6) is 0 Å². The summed E-state index contributed by atoms with van der Waals surface area (Å²) in [5.74, 6) is -0.120. The van der Waals surface area contributed by atoms with Gasteiger partial charge in [-0.25, -0.2) is 4.98 Å². The molecular weight excluding hydrogens is 250 g/mol. The standard InChI is InChI=1S/C12H21N3O2S/c1-9(13)12-15-10(8-18-12)11(16)14-6-4-3-5-7-17-2/h8-9H,3-7,13H2,1-2H3,(H,14,16). The van der Waals surface area contributed by atoms with Gasteiger partial charge >= 0.3 is 0 Å². The molecular formula is C12H21N3O2S. The number of hydrogen-bond acceptors (Lipinski definition) is 5. The second kappa shape index (κ2) is 8.18. The number of unbranched alkanes of at least 4 members (excludes halogenated alkanes) is 2. The van der Waals surface area contributed by atoms with Crippen LogP contribution in [-0.4, -0.2) is 31.2 Å². The normalized spacial score (nSPS) is 12.4. The Hall–Kier alpha value is -0.980. The predicted molar refractivity (Wildman–Crippen MR) is 72.8 cm³/mol. The van der Waals surface area contributed by atoms with Crippen LogP contribution in [-0.2, 0) is 4.74 Å². The largest absolute Gasteiger partial charge is 0.385 e. The van der Waals surface area contributed by atoms with Crippen molar-refractivity contribution >= 4 is 17.2 Å².